The van der Waals surface area contributed by atoms with Crippen molar-refractivity contribution >= 4 is 5.69 Å². The molecule has 0 radical (unpaired) electrons. The highest BCUT2D eigenvalue weighted by Gasteiger charge is 2.35. The number of nitrogens with two attached hydrogens (primary N) is 1. The highest BCUT2D eigenvalue weighted by Crippen LogP contribution is 2.40. The third-order valence-electron chi connectivity index (χ3n) is 4.56. The minimum atomic E-state index is 0.690. The Hall–Kier alpha value is -1.02. The van der Waals surface area contributed by atoms with Crippen molar-refractivity contribution in [1.82, 2.24) is 0 Å². The first-order valence-electron chi connectivity index (χ1n) is 6.93. The molecule has 0 saturated heterocycles. The number of benzene rings is 1. The van der Waals surface area contributed by atoms with E-state index in [0.29, 0.717) is 6.04 Å². The van der Waals surface area contributed by atoms with Crippen LogP contribution in [0.5, 0.6) is 0 Å². The van der Waals surface area contributed by atoms with Gasteiger partial charge in [0.15, 0.2) is 0 Å². The minimum absolute atomic E-state index is 0.690. The fraction of sp³-hybridized carbons (Fsp3) is 0.600. The molecule has 92 valence electrons. The molecule has 1 aromatic carbocycles. The van der Waals surface area contributed by atoms with Crippen LogP contribution in [0.2, 0.25) is 0 Å². The van der Waals surface area contributed by atoms with Gasteiger partial charge >= 0.3 is 0 Å². The van der Waals surface area contributed by atoms with Crippen LogP contribution in [0.1, 0.15) is 31.2 Å². The van der Waals surface area contributed by atoms with Gasteiger partial charge in [0, 0.05) is 11.7 Å². The minimum Gasteiger partial charge on any atom is -0.382 e. The van der Waals surface area contributed by atoms with Crippen molar-refractivity contribution in [3.63, 3.8) is 0 Å². The summed E-state index contributed by atoms with van der Waals surface area (Å²) in [6, 6.07) is 9.47. The number of para-hydroxylation sites is 1. The van der Waals surface area contributed by atoms with Crippen molar-refractivity contribution in [2.75, 3.05) is 11.9 Å². The number of fused-ring (bicyclic) bond motifs is 2. The van der Waals surface area contributed by atoms with E-state index < -0.39 is 0 Å². The van der Waals surface area contributed by atoms with Gasteiger partial charge in [-0.1, -0.05) is 24.6 Å². The largest absolute Gasteiger partial charge is 0.382 e. The molecule has 1 aliphatic heterocycles. The molecule has 1 fully saturated rings. The smallest absolute Gasteiger partial charge is 0.0375 e. The lowest BCUT2D eigenvalue weighted by molar-refractivity contribution is 0.200. The third kappa shape index (κ3) is 2.06. The SMILES string of the molecule is NCCC1CCC[C@H]2Nc3ccccc3C[C@@H]12. The summed E-state index contributed by atoms with van der Waals surface area (Å²) in [7, 11) is 0. The summed E-state index contributed by atoms with van der Waals surface area (Å²) in [5.41, 5.74) is 8.62. The highest BCUT2D eigenvalue weighted by atomic mass is 14.9. The molecule has 17 heavy (non-hydrogen) atoms. The normalized spacial score (nSPS) is 31.2. The van der Waals surface area contributed by atoms with Gasteiger partial charge in [0.2, 0.25) is 0 Å². The number of anilines is 1. The van der Waals surface area contributed by atoms with Gasteiger partial charge in [-0.2, -0.15) is 0 Å². The molecule has 1 aliphatic carbocycles. The van der Waals surface area contributed by atoms with Gasteiger partial charge in [-0.25, -0.2) is 0 Å². The van der Waals surface area contributed by atoms with E-state index in [4.69, 9.17) is 5.73 Å². The number of nitrogens with one attached hydrogen (secondary N) is 1. The zero-order valence-corrected chi connectivity index (χ0v) is 10.4. The van der Waals surface area contributed by atoms with Crippen molar-refractivity contribution in [2.24, 2.45) is 17.6 Å². The van der Waals surface area contributed by atoms with Crippen LogP contribution in [-0.4, -0.2) is 12.6 Å². The summed E-state index contributed by atoms with van der Waals surface area (Å²) < 4.78 is 0. The van der Waals surface area contributed by atoms with Crippen LogP contribution in [0, 0.1) is 11.8 Å². The predicted molar refractivity (Wildman–Crippen MR) is 72.1 cm³/mol. The second kappa shape index (κ2) is 4.69. The molecule has 0 amide bonds. The molecular weight excluding hydrogens is 208 g/mol. The Labute approximate surface area is 104 Å². The van der Waals surface area contributed by atoms with Crippen LogP contribution in [0.4, 0.5) is 5.69 Å². The summed E-state index contributed by atoms with van der Waals surface area (Å²) in [6.07, 6.45) is 6.52. The van der Waals surface area contributed by atoms with Gasteiger partial charge in [0.1, 0.15) is 0 Å². The lowest BCUT2D eigenvalue weighted by atomic mass is 9.70. The van der Waals surface area contributed by atoms with E-state index in [1.165, 1.54) is 43.4 Å². The Morgan fingerprint density at radius 3 is 3.00 bits per heavy atom. The standard InChI is InChI=1S/C15H22N2/c16-9-8-11-5-3-7-15-13(11)10-12-4-1-2-6-14(12)17-15/h1-2,4,6,11,13,15,17H,3,5,7-10,16H2/t11?,13-,15+/m0/s1. The van der Waals surface area contributed by atoms with Crippen molar-refractivity contribution < 1.29 is 0 Å². The zero-order chi connectivity index (χ0) is 11.7. The molecule has 3 rings (SSSR count). The molecule has 3 N–H and O–H groups in total. The maximum Gasteiger partial charge on any atom is 0.0375 e. The maximum atomic E-state index is 5.76. The third-order valence-corrected chi connectivity index (χ3v) is 4.56. The van der Waals surface area contributed by atoms with Crippen LogP contribution in [-0.2, 0) is 6.42 Å². The summed E-state index contributed by atoms with van der Waals surface area (Å²) in [5, 5.41) is 3.75. The highest BCUT2D eigenvalue weighted by molar-refractivity contribution is 5.54. The van der Waals surface area contributed by atoms with Gasteiger partial charge in [-0.15, -0.1) is 0 Å². The average molecular weight is 230 g/mol. The van der Waals surface area contributed by atoms with Crippen LogP contribution < -0.4 is 11.1 Å². The van der Waals surface area contributed by atoms with Gasteiger partial charge < -0.3 is 11.1 Å². The summed E-state index contributed by atoms with van der Waals surface area (Å²) in [6.45, 7) is 0.843. The monoisotopic (exact) mass is 230 g/mol. The van der Waals surface area contributed by atoms with E-state index in [2.05, 4.69) is 29.6 Å². The van der Waals surface area contributed by atoms with Gasteiger partial charge in [0.25, 0.3) is 0 Å². The fourth-order valence-corrected chi connectivity index (χ4v) is 3.71. The average Bonchev–Trinajstić information content (AvgIpc) is 2.37. The summed E-state index contributed by atoms with van der Waals surface area (Å²) in [5.74, 6) is 1.64. The second-order valence-corrected chi connectivity index (χ2v) is 5.54. The van der Waals surface area contributed by atoms with Crippen LogP contribution >= 0.6 is 0 Å². The molecule has 0 bridgehead atoms. The quantitative estimate of drug-likeness (QED) is 0.820. The van der Waals surface area contributed by atoms with Crippen LogP contribution in [0.25, 0.3) is 0 Å². The molecule has 1 aromatic rings. The Morgan fingerprint density at radius 2 is 2.12 bits per heavy atom. The Morgan fingerprint density at radius 1 is 1.24 bits per heavy atom. The van der Waals surface area contributed by atoms with Gasteiger partial charge in [-0.05, 0) is 55.7 Å². The summed E-state index contributed by atoms with van der Waals surface area (Å²) >= 11 is 0. The molecule has 2 heteroatoms. The van der Waals surface area contributed by atoms with Crippen molar-refractivity contribution in [2.45, 2.75) is 38.1 Å². The number of hydrogen-bond donors (Lipinski definition) is 2. The Kier molecular flexibility index (Phi) is 3.06. The van der Waals surface area contributed by atoms with E-state index in [0.717, 1.165) is 18.4 Å². The molecule has 1 unspecified atom stereocenters. The van der Waals surface area contributed by atoms with E-state index >= 15 is 0 Å². The first-order chi connectivity index (χ1) is 8.38. The van der Waals surface area contributed by atoms with Gasteiger partial charge in [0.05, 0.1) is 0 Å². The Bertz CT molecular complexity index is 386. The first-order valence-corrected chi connectivity index (χ1v) is 6.93. The predicted octanol–water partition coefficient (Wildman–Crippen LogP) is 2.79. The molecule has 2 aliphatic rings. The number of rotatable bonds is 2. The fourth-order valence-electron chi connectivity index (χ4n) is 3.71. The molecule has 1 saturated carbocycles. The lowest BCUT2D eigenvalue weighted by Crippen LogP contribution is -2.42. The maximum absolute atomic E-state index is 5.76. The zero-order valence-electron chi connectivity index (χ0n) is 10.4. The molecule has 3 atom stereocenters. The topological polar surface area (TPSA) is 38.0 Å². The van der Waals surface area contributed by atoms with E-state index in [1.807, 2.05) is 0 Å². The molecule has 2 nitrogen and oxygen atoms in total. The molecule has 0 aromatic heterocycles. The van der Waals surface area contributed by atoms with E-state index in [1.54, 1.807) is 0 Å². The van der Waals surface area contributed by atoms with Crippen molar-refractivity contribution in [1.29, 1.82) is 0 Å². The van der Waals surface area contributed by atoms with E-state index in [9.17, 15) is 0 Å². The first kappa shape index (κ1) is 11.1. The van der Waals surface area contributed by atoms with Crippen molar-refractivity contribution in [3.8, 4) is 0 Å². The second-order valence-electron chi connectivity index (χ2n) is 5.54. The van der Waals surface area contributed by atoms with Crippen LogP contribution in [0.3, 0.4) is 0 Å². The van der Waals surface area contributed by atoms with Crippen LogP contribution in [0.15, 0.2) is 24.3 Å². The number of hydrogen-bond acceptors (Lipinski definition) is 2. The molecular formula is C15H22N2. The van der Waals surface area contributed by atoms with E-state index in [-0.39, 0.29) is 0 Å². The lowest BCUT2D eigenvalue weighted by Gasteiger charge is -2.43. The summed E-state index contributed by atoms with van der Waals surface area (Å²) in [4.78, 5) is 0. The van der Waals surface area contributed by atoms with Crippen molar-refractivity contribution in [3.05, 3.63) is 29.8 Å². The molecule has 0 spiro atoms. The van der Waals surface area contributed by atoms with Gasteiger partial charge in [-0.3, -0.25) is 0 Å². The molecule has 1 heterocycles. The Balaban J connectivity index is 1.84.